The van der Waals surface area contributed by atoms with Gasteiger partial charge in [0.25, 0.3) is 0 Å². The van der Waals surface area contributed by atoms with Gasteiger partial charge in [0.1, 0.15) is 0 Å². The largest absolute Gasteiger partial charge is 0.358 e. The molecule has 2 N–H and O–H groups in total. The van der Waals surface area contributed by atoms with Crippen molar-refractivity contribution in [2.75, 3.05) is 6.54 Å². The number of rotatable bonds is 2. The zero-order valence-electron chi connectivity index (χ0n) is 14.6. The molecule has 2 aliphatic rings. The molecule has 1 aliphatic carbocycles. The molecular formula is C22H24N2S. The summed E-state index contributed by atoms with van der Waals surface area (Å²) in [5.74, 6) is 1.32. The lowest BCUT2D eigenvalue weighted by molar-refractivity contribution is 0.306. The van der Waals surface area contributed by atoms with Crippen LogP contribution >= 0.6 is 11.3 Å². The molecular weight excluding hydrogens is 324 g/mol. The number of aromatic nitrogens is 1. The van der Waals surface area contributed by atoms with Gasteiger partial charge in [-0.3, -0.25) is 0 Å². The Hall–Kier alpha value is -1.84. The number of hydrogen-bond donors (Lipinski definition) is 2. The Balaban J connectivity index is 1.43. The van der Waals surface area contributed by atoms with Crippen molar-refractivity contribution in [1.29, 1.82) is 0 Å². The van der Waals surface area contributed by atoms with Crippen molar-refractivity contribution in [1.82, 2.24) is 10.3 Å². The van der Waals surface area contributed by atoms with E-state index in [-0.39, 0.29) is 0 Å². The third-order valence-corrected chi connectivity index (χ3v) is 6.98. The highest BCUT2D eigenvalue weighted by atomic mass is 32.1. The van der Waals surface area contributed by atoms with Crippen LogP contribution in [0.1, 0.15) is 41.8 Å². The average Bonchev–Trinajstić information content (AvgIpc) is 3.30. The van der Waals surface area contributed by atoms with Gasteiger partial charge in [-0.05, 0) is 59.7 Å². The minimum atomic E-state index is 0.589. The SMILES string of the molecule is CC1CC(C2CC(c3cccs3)=CCN2)Cc2c1[nH]c1ccccc21. The van der Waals surface area contributed by atoms with Gasteiger partial charge in [-0.1, -0.05) is 37.3 Å². The molecule has 0 radical (unpaired) electrons. The van der Waals surface area contributed by atoms with Crippen LogP contribution in [-0.2, 0) is 6.42 Å². The summed E-state index contributed by atoms with van der Waals surface area (Å²) in [5.41, 5.74) is 5.88. The lowest BCUT2D eigenvalue weighted by Gasteiger charge is -2.36. The molecule has 0 spiro atoms. The summed E-state index contributed by atoms with van der Waals surface area (Å²) in [6.07, 6.45) is 6.01. The second-order valence-electron chi connectivity index (χ2n) is 7.59. The number of hydrogen-bond acceptors (Lipinski definition) is 2. The van der Waals surface area contributed by atoms with Crippen molar-refractivity contribution in [3.8, 4) is 0 Å². The first kappa shape index (κ1) is 15.4. The molecule has 0 saturated carbocycles. The molecule has 0 bridgehead atoms. The summed E-state index contributed by atoms with van der Waals surface area (Å²) >= 11 is 1.87. The first-order valence-electron chi connectivity index (χ1n) is 9.35. The highest BCUT2D eigenvalue weighted by Gasteiger charge is 2.33. The van der Waals surface area contributed by atoms with Gasteiger partial charge in [-0.25, -0.2) is 0 Å². The van der Waals surface area contributed by atoms with E-state index in [1.165, 1.54) is 39.9 Å². The Bertz CT molecular complexity index is 919. The molecule has 1 aromatic carbocycles. The van der Waals surface area contributed by atoms with Gasteiger partial charge >= 0.3 is 0 Å². The van der Waals surface area contributed by atoms with Crippen LogP contribution in [0.15, 0.2) is 47.9 Å². The molecule has 128 valence electrons. The molecule has 3 unspecified atom stereocenters. The third-order valence-electron chi connectivity index (χ3n) is 6.04. The van der Waals surface area contributed by atoms with Gasteiger partial charge in [0.2, 0.25) is 0 Å². The van der Waals surface area contributed by atoms with E-state index in [0.717, 1.165) is 13.0 Å². The standard InChI is InChI=1S/C22H24N2S/c1-14-11-16(12-18-17-5-2-3-6-19(17)24-22(14)18)20-13-15(8-9-23-20)21-7-4-10-25-21/h2-8,10,14,16,20,23-24H,9,11-13H2,1H3. The van der Waals surface area contributed by atoms with E-state index in [1.54, 1.807) is 5.56 Å². The predicted octanol–water partition coefficient (Wildman–Crippen LogP) is 5.34. The predicted molar refractivity (Wildman–Crippen MR) is 107 cm³/mol. The first-order valence-corrected chi connectivity index (χ1v) is 10.2. The van der Waals surface area contributed by atoms with Gasteiger partial charge in [0.15, 0.2) is 0 Å². The molecule has 0 saturated heterocycles. The second kappa shape index (κ2) is 6.15. The summed E-state index contributed by atoms with van der Waals surface area (Å²) in [6.45, 7) is 3.39. The number of para-hydroxylation sites is 1. The number of aromatic amines is 1. The van der Waals surface area contributed by atoms with Crippen molar-refractivity contribution < 1.29 is 0 Å². The molecule has 3 aromatic rings. The van der Waals surface area contributed by atoms with E-state index in [2.05, 4.69) is 65.1 Å². The fourth-order valence-electron chi connectivity index (χ4n) is 4.81. The lowest BCUT2D eigenvalue weighted by atomic mass is 9.75. The molecule has 3 atom stereocenters. The van der Waals surface area contributed by atoms with Crippen molar-refractivity contribution in [3.63, 3.8) is 0 Å². The average molecular weight is 349 g/mol. The number of thiophene rings is 1. The Morgan fingerprint density at radius 1 is 1.08 bits per heavy atom. The van der Waals surface area contributed by atoms with E-state index in [1.807, 2.05) is 11.3 Å². The highest BCUT2D eigenvalue weighted by molar-refractivity contribution is 7.11. The zero-order valence-corrected chi connectivity index (χ0v) is 15.4. The Morgan fingerprint density at radius 3 is 2.88 bits per heavy atom. The fraction of sp³-hybridized carbons (Fsp3) is 0.364. The molecule has 2 aromatic heterocycles. The minimum absolute atomic E-state index is 0.589. The number of fused-ring (bicyclic) bond motifs is 3. The smallest absolute Gasteiger partial charge is 0.0459 e. The van der Waals surface area contributed by atoms with Crippen LogP contribution in [-0.4, -0.2) is 17.6 Å². The van der Waals surface area contributed by atoms with Crippen LogP contribution in [0.4, 0.5) is 0 Å². The van der Waals surface area contributed by atoms with Gasteiger partial charge in [0, 0.05) is 34.1 Å². The van der Waals surface area contributed by atoms with E-state index < -0.39 is 0 Å². The summed E-state index contributed by atoms with van der Waals surface area (Å²) in [5, 5.41) is 7.41. The second-order valence-corrected chi connectivity index (χ2v) is 8.54. The Labute approximate surface area is 153 Å². The first-order chi connectivity index (χ1) is 12.3. The zero-order chi connectivity index (χ0) is 16.8. The lowest BCUT2D eigenvalue weighted by Crippen LogP contribution is -2.41. The van der Waals surface area contributed by atoms with E-state index >= 15 is 0 Å². The molecule has 3 heteroatoms. The Morgan fingerprint density at radius 2 is 2.00 bits per heavy atom. The maximum absolute atomic E-state index is 3.79. The molecule has 0 amide bonds. The molecule has 2 nitrogen and oxygen atoms in total. The topological polar surface area (TPSA) is 27.8 Å². The monoisotopic (exact) mass is 348 g/mol. The van der Waals surface area contributed by atoms with E-state index in [0.29, 0.717) is 17.9 Å². The van der Waals surface area contributed by atoms with E-state index in [9.17, 15) is 0 Å². The van der Waals surface area contributed by atoms with Crippen molar-refractivity contribution in [2.45, 2.75) is 38.1 Å². The quantitative estimate of drug-likeness (QED) is 0.643. The van der Waals surface area contributed by atoms with Crippen LogP contribution in [0.5, 0.6) is 0 Å². The minimum Gasteiger partial charge on any atom is -0.358 e. The van der Waals surface area contributed by atoms with Gasteiger partial charge in [0.05, 0.1) is 0 Å². The Kier molecular flexibility index (Phi) is 3.79. The number of benzene rings is 1. The van der Waals surface area contributed by atoms with Crippen molar-refractivity contribution in [3.05, 3.63) is 64.0 Å². The van der Waals surface area contributed by atoms with Crippen molar-refractivity contribution in [2.24, 2.45) is 5.92 Å². The maximum atomic E-state index is 3.79. The highest BCUT2D eigenvalue weighted by Crippen LogP contribution is 2.41. The van der Waals surface area contributed by atoms with Crippen LogP contribution in [0.2, 0.25) is 0 Å². The third kappa shape index (κ3) is 2.66. The van der Waals surface area contributed by atoms with Crippen LogP contribution in [0.3, 0.4) is 0 Å². The number of nitrogens with one attached hydrogen (secondary N) is 2. The van der Waals surface area contributed by atoms with Crippen LogP contribution < -0.4 is 5.32 Å². The van der Waals surface area contributed by atoms with Crippen LogP contribution in [0, 0.1) is 5.92 Å². The molecule has 25 heavy (non-hydrogen) atoms. The molecule has 3 heterocycles. The van der Waals surface area contributed by atoms with Crippen LogP contribution in [0.25, 0.3) is 16.5 Å². The summed E-state index contributed by atoms with van der Waals surface area (Å²) in [6, 6.07) is 13.8. The number of H-pyrrole nitrogens is 1. The van der Waals surface area contributed by atoms with Gasteiger partial charge in [-0.15, -0.1) is 11.3 Å². The van der Waals surface area contributed by atoms with Gasteiger partial charge in [-0.2, -0.15) is 0 Å². The summed E-state index contributed by atoms with van der Waals surface area (Å²) < 4.78 is 0. The maximum Gasteiger partial charge on any atom is 0.0459 e. The van der Waals surface area contributed by atoms with Crippen molar-refractivity contribution >= 4 is 27.8 Å². The molecule has 0 fully saturated rings. The fourth-order valence-corrected chi connectivity index (χ4v) is 5.59. The van der Waals surface area contributed by atoms with E-state index in [4.69, 9.17) is 0 Å². The van der Waals surface area contributed by atoms with Gasteiger partial charge < -0.3 is 10.3 Å². The molecule has 5 rings (SSSR count). The summed E-state index contributed by atoms with van der Waals surface area (Å²) in [4.78, 5) is 5.14. The normalized spacial score (nSPS) is 26.4. The summed E-state index contributed by atoms with van der Waals surface area (Å²) in [7, 11) is 0. The molecule has 1 aliphatic heterocycles.